The van der Waals surface area contributed by atoms with E-state index in [1.165, 1.54) is 42.6 Å². The van der Waals surface area contributed by atoms with Crippen LogP contribution in [0.5, 0.6) is 0 Å². The zero-order valence-electron chi connectivity index (χ0n) is 16.9. The second kappa shape index (κ2) is 9.58. The molecule has 4 nitrogen and oxygen atoms in total. The summed E-state index contributed by atoms with van der Waals surface area (Å²) in [5.74, 6) is -1.76. The van der Waals surface area contributed by atoms with Crippen LogP contribution in [0.1, 0.15) is 23.2 Å². The first kappa shape index (κ1) is 24.2. The summed E-state index contributed by atoms with van der Waals surface area (Å²) >= 11 is 5.90. The first-order valence-electron chi connectivity index (χ1n) is 9.49. The molecule has 0 saturated carbocycles. The SMILES string of the molecule is C=CC[C@@](NC(=O)Nc1cccc(F)c1)(c1cc(F)cc(C(F)(F)F)c1)c1ccc(Cl)cn1. The van der Waals surface area contributed by atoms with Gasteiger partial charge in [-0.25, -0.2) is 13.6 Å². The Hall–Kier alpha value is -3.46. The summed E-state index contributed by atoms with van der Waals surface area (Å²) in [6.07, 6.45) is -2.41. The van der Waals surface area contributed by atoms with Crippen LogP contribution in [-0.4, -0.2) is 11.0 Å². The minimum Gasteiger partial charge on any atom is -0.322 e. The van der Waals surface area contributed by atoms with Gasteiger partial charge in [-0.05, 0) is 60.5 Å². The summed E-state index contributed by atoms with van der Waals surface area (Å²) in [5.41, 5.74) is -3.04. The minimum atomic E-state index is -4.84. The molecule has 172 valence electrons. The number of halogens is 6. The Kier molecular flexibility index (Phi) is 7.02. The van der Waals surface area contributed by atoms with Crippen LogP contribution in [0.2, 0.25) is 5.02 Å². The molecule has 2 aromatic carbocycles. The van der Waals surface area contributed by atoms with Gasteiger partial charge in [0, 0.05) is 11.9 Å². The highest BCUT2D eigenvalue weighted by atomic mass is 35.5. The normalized spacial score (nSPS) is 13.2. The van der Waals surface area contributed by atoms with Gasteiger partial charge in [-0.1, -0.05) is 23.7 Å². The molecular formula is C23H17ClF5N3O. The highest BCUT2D eigenvalue weighted by Crippen LogP contribution is 2.38. The second-order valence-corrected chi connectivity index (χ2v) is 7.51. The van der Waals surface area contributed by atoms with Crippen LogP contribution in [0.3, 0.4) is 0 Å². The molecule has 0 fully saturated rings. The number of nitrogens with zero attached hydrogens (tertiary/aromatic N) is 1. The number of carbonyl (C=O) groups excluding carboxylic acids is 1. The number of hydrogen-bond donors (Lipinski definition) is 2. The van der Waals surface area contributed by atoms with Crippen LogP contribution < -0.4 is 10.6 Å². The molecule has 0 spiro atoms. The lowest BCUT2D eigenvalue weighted by Crippen LogP contribution is -2.49. The summed E-state index contributed by atoms with van der Waals surface area (Å²) in [5, 5.41) is 5.23. The molecule has 0 aliphatic carbocycles. The first-order valence-corrected chi connectivity index (χ1v) is 9.87. The predicted octanol–water partition coefficient (Wildman–Crippen LogP) is 6.67. The first-order chi connectivity index (χ1) is 15.5. The van der Waals surface area contributed by atoms with E-state index in [9.17, 15) is 26.7 Å². The largest absolute Gasteiger partial charge is 0.416 e. The van der Waals surface area contributed by atoms with Gasteiger partial charge in [-0.3, -0.25) is 4.98 Å². The van der Waals surface area contributed by atoms with Crippen molar-refractivity contribution in [1.82, 2.24) is 10.3 Å². The molecule has 0 saturated heterocycles. The van der Waals surface area contributed by atoms with Crippen LogP contribution in [0.15, 0.2) is 73.4 Å². The number of alkyl halides is 3. The van der Waals surface area contributed by atoms with Crippen LogP contribution >= 0.6 is 11.6 Å². The summed E-state index contributed by atoms with van der Waals surface area (Å²) < 4.78 is 68.0. The molecule has 1 atom stereocenters. The average Bonchev–Trinajstić information content (AvgIpc) is 2.73. The van der Waals surface area contributed by atoms with E-state index >= 15 is 0 Å². The number of urea groups is 1. The van der Waals surface area contributed by atoms with Gasteiger partial charge in [0.2, 0.25) is 0 Å². The maximum Gasteiger partial charge on any atom is 0.416 e. The zero-order valence-corrected chi connectivity index (χ0v) is 17.6. The molecule has 3 aromatic rings. The Morgan fingerprint density at radius 2 is 1.76 bits per heavy atom. The molecule has 2 N–H and O–H groups in total. The predicted molar refractivity (Wildman–Crippen MR) is 115 cm³/mol. The van der Waals surface area contributed by atoms with Crippen LogP contribution in [-0.2, 0) is 11.7 Å². The Morgan fingerprint density at radius 3 is 2.36 bits per heavy atom. The van der Waals surface area contributed by atoms with E-state index in [0.717, 1.165) is 18.2 Å². The lowest BCUT2D eigenvalue weighted by molar-refractivity contribution is -0.137. The molecule has 0 bridgehead atoms. The molecule has 1 heterocycles. The van der Waals surface area contributed by atoms with Crippen molar-refractivity contribution in [2.75, 3.05) is 5.32 Å². The molecule has 0 aliphatic rings. The second-order valence-electron chi connectivity index (χ2n) is 7.08. The van der Waals surface area contributed by atoms with Gasteiger partial charge in [0.1, 0.15) is 17.2 Å². The van der Waals surface area contributed by atoms with Gasteiger partial charge < -0.3 is 10.6 Å². The summed E-state index contributed by atoms with van der Waals surface area (Å²) in [7, 11) is 0. The van der Waals surface area contributed by atoms with Crippen molar-refractivity contribution in [3.8, 4) is 0 Å². The lowest BCUT2D eigenvalue weighted by Gasteiger charge is -2.34. The zero-order chi connectivity index (χ0) is 24.2. The molecule has 1 aromatic heterocycles. The average molecular weight is 482 g/mol. The molecule has 10 heteroatoms. The third-order valence-corrected chi connectivity index (χ3v) is 4.97. The fourth-order valence-electron chi connectivity index (χ4n) is 3.32. The Labute approximate surface area is 191 Å². The van der Waals surface area contributed by atoms with E-state index in [1.807, 2.05) is 0 Å². The van der Waals surface area contributed by atoms with Gasteiger partial charge in [-0.15, -0.1) is 6.58 Å². The van der Waals surface area contributed by atoms with Crippen LogP contribution in [0.25, 0.3) is 0 Å². The number of benzene rings is 2. The van der Waals surface area contributed by atoms with Crippen molar-refractivity contribution in [2.24, 2.45) is 0 Å². The minimum absolute atomic E-state index is 0.0833. The number of rotatable bonds is 6. The fraction of sp³-hybridized carbons (Fsp3) is 0.130. The van der Waals surface area contributed by atoms with Crippen molar-refractivity contribution >= 4 is 23.3 Å². The third kappa shape index (κ3) is 5.67. The summed E-state index contributed by atoms with van der Waals surface area (Å²) in [6.45, 7) is 3.62. The lowest BCUT2D eigenvalue weighted by atomic mass is 9.82. The van der Waals surface area contributed by atoms with E-state index in [2.05, 4.69) is 22.2 Å². The van der Waals surface area contributed by atoms with Gasteiger partial charge in [0.15, 0.2) is 0 Å². The maximum absolute atomic E-state index is 14.3. The molecule has 2 amide bonds. The number of carbonyl (C=O) groups is 1. The van der Waals surface area contributed by atoms with Gasteiger partial charge in [-0.2, -0.15) is 13.2 Å². The van der Waals surface area contributed by atoms with E-state index in [-0.39, 0.29) is 28.4 Å². The van der Waals surface area contributed by atoms with E-state index in [4.69, 9.17) is 11.6 Å². The highest BCUT2D eigenvalue weighted by Gasteiger charge is 2.40. The van der Waals surface area contributed by atoms with Gasteiger partial charge >= 0.3 is 12.2 Å². The van der Waals surface area contributed by atoms with Crippen LogP contribution in [0.4, 0.5) is 32.4 Å². The smallest absolute Gasteiger partial charge is 0.322 e. The maximum atomic E-state index is 14.3. The van der Waals surface area contributed by atoms with Crippen molar-refractivity contribution < 1.29 is 26.7 Å². The van der Waals surface area contributed by atoms with E-state index in [0.29, 0.717) is 6.07 Å². The van der Waals surface area contributed by atoms with E-state index < -0.39 is 34.9 Å². The topological polar surface area (TPSA) is 54.0 Å². The van der Waals surface area contributed by atoms with Crippen molar-refractivity contribution in [3.05, 3.63) is 107 Å². The number of hydrogen-bond acceptors (Lipinski definition) is 2. The fourth-order valence-corrected chi connectivity index (χ4v) is 3.44. The Morgan fingerprint density at radius 1 is 1.03 bits per heavy atom. The molecule has 0 unspecified atom stereocenters. The quantitative estimate of drug-likeness (QED) is 0.305. The molecule has 3 rings (SSSR count). The van der Waals surface area contributed by atoms with Crippen molar-refractivity contribution in [3.63, 3.8) is 0 Å². The number of pyridine rings is 1. The number of amides is 2. The van der Waals surface area contributed by atoms with Crippen molar-refractivity contribution in [2.45, 2.75) is 18.1 Å². The standard InChI is InChI=1S/C23H17ClF5N3O/c1-2-8-22(20-7-6-16(24)13-30-20,14-9-15(23(27,28)29)11-18(26)10-14)32-21(33)31-19-5-3-4-17(25)12-19/h2-7,9-13H,1,8H2,(H2,31,32,33)/t22-/m1/s1. The summed E-state index contributed by atoms with van der Waals surface area (Å²) in [4.78, 5) is 17.0. The Bertz CT molecular complexity index is 1170. The third-order valence-electron chi connectivity index (χ3n) is 4.74. The molecule has 0 radical (unpaired) electrons. The van der Waals surface area contributed by atoms with Crippen LogP contribution in [0, 0.1) is 11.6 Å². The highest BCUT2D eigenvalue weighted by molar-refractivity contribution is 6.30. The van der Waals surface area contributed by atoms with Gasteiger partial charge in [0.05, 0.1) is 16.3 Å². The van der Waals surface area contributed by atoms with Crippen molar-refractivity contribution in [1.29, 1.82) is 0 Å². The number of aromatic nitrogens is 1. The van der Waals surface area contributed by atoms with Gasteiger partial charge in [0.25, 0.3) is 0 Å². The number of anilines is 1. The molecule has 33 heavy (non-hydrogen) atoms. The number of nitrogens with one attached hydrogen (secondary N) is 2. The molecular weight excluding hydrogens is 465 g/mol. The molecule has 0 aliphatic heterocycles. The monoisotopic (exact) mass is 481 g/mol. The summed E-state index contributed by atoms with van der Waals surface area (Å²) in [6, 6.07) is 8.90. The van der Waals surface area contributed by atoms with E-state index in [1.54, 1.807) is 0 Å². The Balaban J connectivity index is 2.15.